The third-order valence-corrected chi connectivity index (χ3v) is 3.28. The minimum Gasteiger partial charge on any atom is -0.0911 e. The van der Waals surface area contributed by atoms with Crippen LogP contribution in [0.4, 0.5) is 0 Å². The first-order chi connectivity index (χ1) is 7.26. The molecule has 0 aliphatic rings. The van der Waals surface area contributed by atoms with Gasteiger partial charge < -0.3 is 0 Å². The van der Waals surface area contributed by atoms with Crippen molar-refractivity contribution < 1.29 is 0 Å². The van der Waals surface area contributed by atoms with Crippen LogP contribution in [0, 0.1) is 17.3 Å². The van der Waals surface area contributed by atoms with E-state index in [2.05, 4.69) is 44.7 Å². The van der Waals surface area contributed by atoms with Gasteiger partial charge in [-0.05, 0) is 31.4 Å². The van der Waals surface area contributed by atoms with Gasteiger partial charge >= 0.3 is 0 Å². The first-order valence-corrected chi connectivity index (χ1v) is 5.84. The van der Waals surface area contributed by atoms with Crippen molar-refractivity contribution >= 4 is 0 Å². The van der Waals surface area contributed by atoms with Crippen LogP contribution in [0.15, 0.2) is 30.3 Å². The number of hydrogen-bond donors (Lipinski definition) is 0. The maximum atomic E-state index is 3.45. The van der Waals surface area contributed by atoms with Crippen molar-refractivity contribution in [2.24, 2.45) is 5.41 Å². The van der Waals surface area contributed by atoms with Crippen molar-refractivity contribution in [3.05, 3.63) is 35.9 Å². The Kier molecular flexibility index (Phi) is 4.43. The topological polar surface area (TPSA) is 0 Å². The standard InChI is InChI=1S/C15H20/c1-4-15(5-2,6-3)13-12-14-10-8-7-9-11-14/h7-11H,4-6H2,1-3H3. The summed E-state index contributed by atoms with van der Waals surface area (Å²) in [5.41, 5.74) is 1.34. The Morgan fingerprint density at radius 1 is 0.933 bits per heavy atom. The van der Waals surface area contributed by atoms with Crippen LogP contribution in [0.25, 0.3) is 0 Å². The van der Waals surface area contributed by atoms with Crippen LogP contribution >= 0.6 is 0 Å². The Balaban J connectivity index is 2.88. The summed E-state index contributed by atoms with van der Waals surface area (Å²) in [4.78, 5) is 0. The fourth-order valence-corrected chi connectivity index (χ4v) is 1.74. The molecule has 0 N–H and O–H groups in total. The van der Waals surface area contributed by atoms with Crippen LogP contribution in [-0.4, -0.2) is 0 Å². The van der Waals surface area contributed by atoms with Crippen LogP contribution < -0.4 is 0 Å². The molecule has 0 aliphatic heterocycles. The van der Waals surface area contributed by atoms with E-state index in [9.17, 15) is 0 Å². The first kappa shape index (κ1) is 11.9. The average molecular weight is 200 g/mol. The molecule has 80 valence electrons. The van der Waals surface area contributed by atoms with Gasteiger partial charge in [0.2, 0.25) is 0 Å². The molecule has 0 nitrogen and oxygen atoms in total. The fraction of sp³-hybridized carbons (Fsp3) is 0.467. The third kappa shape index (κ3) is 3.13. The zero-order chi connectivity index (χ0) is 11.1. The molecule has 0 aliphatic carbocycles. The van der Waals surface area contributed by atoms with E-state index in [0.717, 1.165) is 24.8 Å². The highest BCUT2D eigenvalue weighted by molar-refractivity contribution is 5.35. The summed E-state index contributed by atoms with van der Waals surface area (Å²) in [6.07, 6.45) is 3.42. The molecule has 0 fully saturated rings. The molecule has 15 heavy (non-hydrogen) atoms. The number of benzene rings is 1. The highest BCUT2D eigenvalue weighted by Crippen LogP contribution is 2.29. The second-order valence-electron chi connectivity index (χ2n) is 3.96. The fourth-order valence-electron chi connectivity index (χ4n) is 1.74. The Hall–Kier alpha value is -1.22. The zero-order valence-corrected chi connectivity index (χ0v) is 10.0. The molecule has 1 aromatic carbocycles. The molecule has 1 aromatic rings. The minimum absolute atomic E-state index is 0.218. The molecule has 0 amide bonds. The van der Waals surface area contributed by atoms with Gasteiger partial charge in [-0.1, -0.05) is 50.8 Å². The summed E-state index contributed by atoms with van der Waals surface area (Å²) in [6.45, 7) is 6.69. The smallest absolute Gasteiger partial charge is 0.0310 e. The van der Waals surface area contributed by atoms with E-state index in [1.807, 2.05) is 18.2 Å². The van der Waals surface area contributed by atoms with Gasteiger partial charge in [0.05, 0.1) is 0 Å². The molecule has 0 aromatic heterocycles. The van der Waals surface area contributed by atoms with E-state index >= 15 is 0 Å². The van der Waals surface area contributed by atoms with Crippen LogP contribution in [0.5, 0.6) is 0 Å². The van der Waals surface area contributed by atoms with E-state index in [-0.39, 0.29) is 5.41 Å². The van der Waals surface area contributed by atoms with Gasteiger partial charge in [-0.15, -0.1) is 0 Å². The van der Waals surface area contributed by atoms with Gasteiger partial charge in [0, 0.05) is 11.0 Å². The van der Waals surface area contributed by atoms with E-state index in [4.69, 9.17) is 0 Å². The highest BCUT2D eigenvalue weighted by atomic mass is 14.2. The van der Waals surface area contributed by atoms with E-state index < -0.39 is 0 Å². The molecule has 0 atom stereocenters. The molecule has 0 heteroatoms. The van der Waals surface area contributed by atoms with Gasteiger partial charge in [0.25, 0.3) is 0 Å². The Morgan fingerprint density at radius 3 is 1.93 bits per heavy atom. The van der Waals surface area contributed by atoms with Gasteiger partial charge in [-0.2, -0.15) is 0 Å². The molecule has 0 bridgehead atoms. The van der Waals surface area contributed by atoms with Crippen molar-refractivity contribution in [3.8, 4) is 11.8 Å². The predicted molar refractivity (Wildman–Crippen MR) is 66.6 cm³/mol. The molecule has 0 spiro atoms. The molecular formula is C15H20. The predicted octanol–water partition coefficient (Wildman–Crippen LogP) is 4.25. The Morgan fingerprint density at radius 2 is 1.47 bits per heavy atom. The van der Waals surface area contributed by atoms with Crippen LogP contribution in [0.1, 0.15) is 45.6 Å². The third-order valence-electron chi connectivity index (χ3n) is 3.28. The molecule has 0 heterocycles. The summed E-state index contributed by atoms with van der Waals surface area (Å²) in [7, 11) is 0. The Bertz CT molecular complexity index is 325. The van der Waals surface area contributed by atoms with Gasteiger partial charge in [0.15, 0.2) is 0 Å². The highest BCUT2D eigenvalue weighted by Gasteiger charge is 2.20. The quantitative estimate of drug-likeness (QED) is 0.640. The van der Waals surface area contributed by atoms with Crippen molar-refractivity contribution in [2.75, 3.05) is 0 Å². The Labute approximate surface area is 93.7 Å². The van der Waals surface area contributed by atoms with E-state index in [1.54, 1.807) is 0 Å². The van der Waals surface area contributed by atoms with E-state index in [1.165, 1.54) is 0 Å². The first-order valence-electron chi connectivity index (χ1n) is 5.84. The lowest BCUT2D eigenvalue weighted by atomic mass is 9.80. The molecule has 0 saturated heterocycles. The lowest BCUT2D eigenvalue weighted by molar-refractivity contribution is 0.358. The second kappa shape index (κ2) is 5.61. The van der Waals surface area contributed by atoms with Crippen molar-refractivity contribution in [1.82, 2.24) is 0 Å². The summed E-state index contributed by atoms with van der Waals surface area (Å²) in [5.74, 6) is 6.74. The van der Waals surface area contributed by atoms with Gasteiger partial charge in [-0.25, -0.2) is 0 Å². The summed E-state index contributed by atoms with van der Waals surface area (Å²) in [5, 5.41) is 0. The van der Waals surface area contributed by atoms with Gasteiger partial charge in [-0.3, -0.25) is 0 Å². The largest absolute Gasteiger partial charge is 0.0911 e. The maximum absolute atomic E-state index is 3.45. The number of hydrogen-bond acceptors (Lipinski definition) is 0. The SMILES string of the molecule is CCC(C#Cc1ccccc1)(CC)CC. The molecule has 0 unspecified atom stereocenters. The summed E-state index contributed by atoms with van der Waals surface area (Å²) >= 11 is 0. The van der Waals surface area contributed by atoms with Crippen molar-refractivity contribution in [3.63, 3.8) is 0 Å². The maximum Gasteiger partial charge on any atom is 0.0310 e. The number of rotatable bonds is 3. The van der Waals surface area contributed by atoms with Crippen LogP contribution in [0.3, 0.4) is 0 Å². The lowest BCUT2D eigenvalue weighted by Gasteiger charge is -2.23. The summed E-state index contributed by atoms with van der Waals surface area (Å²) < 4.78 is 0. The van der Waals surface area contributed by atoms with Gasteiger partial charge in [0.1, 0.15) is 0 Å². The second-order valence-corrected chi connectivity index (χ2v) is 3.96. The molecule has 0 saturated carbocycles. The normalized spacial score (nSPS) is 10.6. The summed E-state index contributed by atoms with van der Waals surface area (Å²) in [6, 6.07) is 10.2. The van der Waals surface area contributed by atoms with Crippen LogP contribution in [0.2, 0.25) is 0 Å². The molecular weight excluding hydrogens is 180 g/mol. The minimum atomic E-state index is 0.218. The average Bonchev–Trinajstić information content (AvgIpc) is 2.33. The zero-order valence-electron chi connectivity index (χ0n) is 10.0. The monoisotopic (exact) mass is 200 g/mol. The van der Waals surface area contributed by atoms with Crippen LogP contribution in [-0.2, 0) is 0 Å². The lowest BCUT2D eigenvalue weighted by Crippen LogP contribution is -2.14. The van der Waals surface area contributed by atoms with Crippen molar-refractivity contribution in [1.29, 1.82) is 0 Å². The van der Waals surface area contributed by atoms with E-state index in [0.29, 0.717) is 0 Å². The molecule has 0 radical (unpaired) electrons. The van der Waals surface area contributed by atoms with Crippen molar-refractivity contribution in [2.45, 2.75) is 40.0 Å². The molecule has 1 rings (SSSR count).